The Kier molecular flexibility index (Phi) is 4.26. The van der Waals surface area contributed by atoms with Crippen LogP contribution in [0.3, 0.4) is 0 Å². The van der Waals surface area contributed by atoms with Crippen molar-refractivity contribution in [2.75, 3.05) is 13.1 Å². The van der Waals surface area contributed by atoms with E-state index in [0.29, 0.717) is 18.4 Å². The Morgan fingerprint density at radius 2 is 2.29 bits per heavy atom. The predicted octanol–water partition coefficient (Wildman–Crippen LogP) is 2.53. The van der Waals surface area contributed by atoms with Crippen molar-refractivity contribution >= 4 is 17.4 Å². The maximum Gasteiger partial charge on any atom is 0.317 e. The zero-order chi connectivity index (χ0) is 16.5. The van der Waals surface area contributed by atoms with Gasteiger partial charge in [0.05, 0.1) is 23.4 Å². The molecule has 2 amide bonds. The minimum atomic E-state index is 0.0321. The zero-order valence-electron chi connectivity index (χ0n) is 13.9. The Hall–Kier alpha value is -1.89. The summed E-state index contributed by atoms with van der Waals surface area (Å²) in [6.45, 7) is 2.19. The molecule has 2 aromatic heterocycles. The summed E-state index contributed by atoms with van der Waals surface area (Å²) in [6.07, 6.45) is 8.57. The van der Waals surface area contributed by atoms with E-state index in [4.69, 9.17) is 0 Å². The molecule has 1 saturated heterocycles. The smallest absolute Gasteiger partial charge is 0.317 e. The number of thiazole rings is 1. The maximum absolute atomic E-state index is 12.3. The van der Waals surface area contributed by atoms with Gasteiger partial charge in [0.1, 0.15) is 0 Å². The molecule has 1 atom stereocenters. The van der Waals surface area contributed by atoms with E-state index in [1.54, 1.807) is 11.3 Å². The first-order valence-corrected chi connectivity index (χ1v) is 9.50. The summed E-state index contributed by atoms with van der Waals surface area (Å²) < 4.78 is 1.83. The van der Waals surface area contributed by atoms with Crippen molar-refractivity contribution in [2.45, 2.75) is 38.1 Å². The number of carbonyl (C=O) groups excluding carboxylic acids is 1. The highest BCUT2D eigenvalue weighted by molar-refractivity contribution is 7.09. The van der Waals surface area contributed by atoms with Gasteiger partial charge < -0.3 is 10.2 Å². The monoisotopic (exact) mass is 345 g/mol. The number of hydrogen-bond acceptors (Lipinski definition) is 4. The van der Waals surface area contributed by atoms with Crippen molar-refractivity contribution in [1.29, 1.82) is 0 Å². The van der Waals surface area contributed by atoms with Gasteiger partial charge in [0.15, 0.2) is 0 Å². The first-order valence-electron chi connectivity index (χ1n) is 8.62. The van der Waals surface area contributed by atoms with Crippen LogP contribution in [0.25, 0.3) is 0 Å². The third-order valence-corrected chi connectivity index (χ3v) is 5.83. The highest BCUT2D eigenvalue weighted by atomic mass is 32.1. The van der Waals surface area contributed by atoms with Crippen LogP contribution in [0.5, 0.6) is 0 Å². The Balaban J connectivity index is 1.24. The van der Waals surface area contributed by atoms with Crippen LogP contribution in [-0.2, 0) is 20.0 Å². The van der Waals surface area contributed by atoms with E-state index in [2.05, 4.69) is 27.0 Å². The summed E-state index contributed by atoms with van der Waals surface area (Å²) in [7, 11) is 1.94. The fourth-order valence-corrected chi connectivity index (χ4v) is 4.28. The molecule has 1 saturated carbocycles. The molecular formula is C17H23N5OS. The van der Waals surface area contributed by atoms with Crippen LogP contribution in [0, 0.1) is 5.92 Å². The minimum Gasteiger partial charge on any atom is -0.332 e. The molecule has 0 bridgehead atoms. The molecule has 1 aliphatic heterocycles. The summed E-state index contributed by atoms with van der Waals surface area (Å²) >= 11 is 1.72. The lowest BCUT2D eigenvalue weighted by Crippen LogP contribution is -2.38. The van der Waals surface area contributed by atoms with Crippen molar-refractivity contribution in [1.82, 2.24) is 25.0 Å². The number of aryl methyl sites for hydroxylation is 1. The molecule has 0 unspecified atom stereocenters. The van der Waals surface area contributed by atoms with Gasteiger partial charge in [-0.05, 0) is 37.2 Å². The van der Waals surface area contributed by atoms with E-state index in [1.807, 2.05) is 22.8 Å². The van der Waals surface area contributed by atoms with Crippen LogP contribution in [0.15, 0.2) is 17.8 Å². The van der Waals surface area contributed by atoms with Crippen LogP contribution in [0.4, 0.5) is 4.79 Å². The Labute approximate surface area is 145 Å². The highest BCUT2D eigenvalue weighted by Crippen LogP contribution is 2.41. The average molecular weight is 345 g/mol. The normalized spacial score (nSPS) is 20.5. The van der Waals surface area contributed by atoms with Gasteiger partial charge in [-0.1, -0.05) is 0 Å². The van der Waals surface area contributed by atoms with Crippen LogP contribution in [-0.4, -0.2) is 38.8 Å². The van der Waals surface area contributed by atoms with E-state index in [9.17, 15) is 4.79 Å². The number of likely N-dealkylation sites (tertiary alicyclic amines) is 1. The molecule has 24 heavy (non-hydrogen) atoms. The molecule has 2 aromatic rings. The SMILES string of the molecule is Cn1cc(C[C@H]2CCN(C(=O)NCc3csc(C4CC4)n3)C2)cn1. The van der Waals surface area contributed by atoms with Crippen molar-refractivity contribution in [2.24, 2.45) is 13.0 Å². The lowest BCUT2D eigenvalue weighted by atomic mass is 10.0. The van der Waals surface area contributed by atoms with Gasteiger partial charge in [-0.25, -0.2) is 9.78 Å². The average Bonchev–Trinajstić information content (AvgIpc) is 2.98. The zero-order valence-corrected chi connectivity index (χ0v) is 14.8. The minimum absolute atomic E-state index is 0.0321. The van der Waals surface area contributed by atoms with Crippen molar-refractivity contribution in [3.8, 4) is 0 Å². The number of carbonyl (C=O) groups is 1. The summed E-state index contributed by atoms with van der Waals surface area (Å²) in [5.74, 6) is 1.21. The lowest BCUT2D eigenvalue weighted by Gasteiger charge is -2.17. The second-order valence-corrected chi connectivity index (χ2v) is 7.83. The molecule has 7 heteroatoms. The molecule has 4 rings (SSSR count). The van der Waals surface area contributed by atoms with Crippen molar-refractivity contribution < 1.29 is 4.79 Å². The molecule has 128 valence electrons. The van der Waals surface area contributed by atoms with Gasteiger partial charge in [0.25, 0.3) is 0 Å². The standard InChI is InChI=1S/C17H23N5OS/c1-21-9-13(7-19-21)6-12-4-5-22(10-12)17(23)18-8-15-11-24-16(20-15)14-2-3-14/h7,9,11-12,14H,2-6,8,10H2,1H3,(H,18,23)/t12-/m1/s1. The van der Waals surface area contributed by atoms with Gasteiger partial charge in [-0.2, -0.15) is 5.10 Å². The number of aromatic nitrogens is 3. The predicted molar refractivity (Wildman–Crippen MR) is 92.9 cm³/mol. The third kappa shape index (κ3) is 3.61. The van der Waals surface area contributed by atoms with Gasteiger partial charge in [0, 0.05) is 37.6 Å². The van der Waals surface area contributed by atoms with E-state index < -0.39 is 0 Å². The summed E-state index contributed by atoms with van der Waals surface area (Å²) in [5.41, 5.74) is 2.24. The molecule has 2 aliphatic rings. The molecular weight excluding hydrogens is 322 g/mol. The van der Waals surface area contributed by atoms with Crippen LogP contribution in [0.2, 0.25) is 0 Å². The van der Waals surface area contributed by atoms with Crippen molar-refractivity contribution in [3.63, 3.8) is 0 Å². The van der Waals surface area contributed by atoms with Gasteiger partial charge in [0.2, 0.25) is 0 Å². The van der Waals surface area contributed by atoms with Gasteiger partial charge >= 0.3 is 6.03 Å². The van der Waals surface area contributed by atoms with Gasteiger partial charge in [-0.15, -0.1) is 11.3 Å². The molecule has 1 N–H and O–H groups in total. The number of nitrogens with one attached hydrogen (secondary N) is 1. The molecule has 2 fully saturated rings. The third-order valence-electron chi connectivity index (χ3n) is 4.77. The maximum atomic E-state index is 12.3. The Bertz CT molecular complexity index is 720. The molecule has 6 nitrogen and oxygen atoms in total. The van der Waals surface area contributed by atoms with E-state index in [0.717, 1.165) is 31.6 Å². The fraction of sp³-hybridized carbons (Fsp3) is 0.588. The molecule has 0 aromatic carbocycles. The molecule has 0 radical (unpaired) electrons. The topological polar surface area (TPSA) is 63.1 Å². The van der Waals surface area contributed by atoms with Crippen molar-refractivity contribution in [3.05, 3.63) is 34.0 Å². The van der Waals surface area contributed by atoms with E-state index in [1.165, 1.54) is 23.4 Å². The first kappa shape index (κ1) is 15.6. The highest BCUT2D eigenvalue weighted by Gasteiger charge is 2.28. The van der Waals surface area contributed by atoms with E-state index in [-0.39, 0.29) is 6.03 Å². The molecule has 0 spiro atoms. The van der Waals surface area contributed by atoms with Crippen LogP contribution >= 0.6 is 11.3 Å². The number of urea groups is 1. The summed E-state index contributed by atoms with van der Waals surface area (Å²) in [4.78, 5) is 18.9. The quantitative estimate of drug-likeness (QED) is 0.906. The first-order chi connectivity index (χ1) is 11.7. The number of nitrogens with zero attached hydrogens (tertiary/aromatic N) is 4. The number of rotatable bonds is 5. The second kappa shape index (κ2) is 6.55. The number of amides is 2. The largest absolute Gasteiger partial charge is 0.332 e. The van der Waals surface area contributed by atoms with Crippen LogP contribution in [0.1, 0.15) is 41.4 Å². The summed E-state index contributed by atoms with van der Waals surface area (Å²) in [5, 5.41) is 10.5. The van der Waals surface area contributed by atoms with E-state index >= 15 is 0 Å². The molecule has 3 heterocycles. The number of hydrogen-bond donors (Lipinski definition) is 1. The van der Waals surface area contributed by atoms with Crippen LogP contribution < -0.4 is 5.32 Å². The summed E-state index contributed by atoms with van der Waals surface area (Å²) in [6, 6.07) is 0.0321. The Morgan fingerprint density at radius 1 is 1.42 bits per heavy atom. The molecule has 1 aliphatic carbocycles. The lowest BCUT2D eigenvalue weighted by molar-refractivity contribution is 0.206. The second-order valence-electron chi connectivity index (χ2n) is 6.94. The Morgan fingerprint density at radius 3 is 3.04 bits per heavy atom. The fourth-order valence-electron chi connectivity index (χ4n) is 3.29. The van der Waals surface area contributed by atoms with Gasteiger partial charge in [-0.3, -0.25) is 4.68 Å².